The van der Waals surface area contributed by atoms with Crippen LogP contribution in [0.1, 0.15) is 25.7 Å². The van der Waals surface area contributed by atoms with E-state index in [9.17, 15) is 0 Å². The highest BCUT2D eigenvalue weighted by Crippen LogP contribution is 2.46. The van der Waals surface area contributed by atoms with Crippen LogP contribution in [0.4, 0.5) is 0 Å². The Hall–Kier alpha value is -0.0400. The third-order valence-electron chi connectivity index (χ3n) is 3.38. The van der Waals surface area contributed by atoms with E-state index >= 15 is 0 Å². The second-order valence-electron chi connectivity index (χ2n) is 4.13. The third-order valence-corrected chi connectivity index (χ3v) is 3.38. The molecule has 0 aromatic rings. The summed E-state index contributed by atoms with van der Waals surface area (Å²) < 4.78 is 0. The number of rotatable bonds is 1. The van der Waals surface area contributed by atoms with Crippen LogP contribution in [0.15, 0.2) is 0 Å². The van der Waals surface area contributed by atoms with E-state index in [1.807, 2.05) is 0 Å². The van der Waals surface area contributed by atoms with Gasteiger partial charge < -0.3 is 4.90 Å². The lowest BCUT2D eigenvalue weighted by Crippen LogP contribution is -2.31. The Morgan fingerprint density at radius 3 is 1.50 bits per heavy atom. The highest BCUT2D eigenvalue weighted by atomic mass is 15.1. The largest absolute Gasteiger partial charge is 0.306 e. The second kappa shape index (κ2) is 2.23. The molecule has 10 heavy (non-hydrogen) atoms. The normalized spacial score (nSPS) is 45.3. The van der Waals surface area contributed by atoms with E-state index in [0.29, 0.717) is 0 Å². The SMILES string of the molecule is CN(C)C1C2CCC1CC2. The molecule has 2 bridgehead atoms. The molecule has 0 aliphatic heterocycles. The van der Waals surface area contributed by atoms with E-state index in [2.05, 4.69) is 19.0 Å². The first-order chi connectivity index (χ1) is 4.79. The Kier molecular flexibility index (Phi) is 1.48. The fourth-order valence-corrected chi connectivity index (χ4v) is 3.06. The molecule has 2 aliphatic rings. The molecule has 0 spiro atoms. The van der Waals surface area contributed by atoms with Gasteiger partial charge in [0.05, 0.1) is 0 Å². The molecule has 2 saturated carbocycles. The smallest absolute Gasteiger partial charge is 0.0146 e. The van der Waals surface area contributed by atoms with Crippen LogP contribution in [0, 0.1) is 11.8 Å². The summed E-state index contributed by atoms with van der Waals surface area (Å²) in [5.74, 6) is 2.11. The number of fused-ring (bicyclic) bond motifs is 2. The lowest BCUT2D eigenvalue weighted by Gasteiger charge is -2.23. The topological polar surface area (TPSA) is 3.24 Å². The van der Waals surface area contributed by atoms with Crippen LogP contribution >= 0.6 is 0 Å². The third kappa shape index (κ3) is 0.800. The molecule has 0 saturated heterocycles. The molecule has 0 aromatic carbocycles. The highest BCUT2D eigenvalue weighted by Gasteiger charge is 2.42. The van der Waals surface area contributed by atoms with Gasteiger partial charge in [0, 0.05) is 6.04 Å². The fraction of sp³-hybridized carbons (Fsp3) is 1.00. The second-order valence-corrected chi connectivity index (χ2v) is 4.13. The summed E-state index contributed by atoms with van der Waals surface area (Å²) in [6, 6.07) is 0.944. The van der Waals surface area contributed by atoms with Crippen LogP contribution < -0.4 is 0 Å². The molecule has 2 aliphatic carbocycles. The van der Waals surface area contributed by atoms with Crippen molar-refractivity contribution in [2.24, 2.45) is 11.8 Å². The number of hydrogen-bond acceptors (Lipinski definition) is 1. The average molecular weight is 139 g/mol. The van der Waals surface area contributed by atoms with Crippen LogP contribution in [0.3, 0.4) is 0 Å². The number of hydrogen-bond donors (Lipinski definition) is 0. The van der Waals surface area contributed by atoms with Gasteiger partial charge in [-0.1, -0.05) is 0 Å². The minimum Gasteiger partial charge on any atom is -0.306 e. The van der Waals surface area contributed by atoms with E-state index < -0.39 is 0 Å². The Morgan fingerprint density at radius 1 is 0.900 bits per heavy atom. The van der Waals surface area contributed by atoms with Gasteiger partial charge in [-0.2, -0.15) is 0 Å². The van der Waals surface area contributed by atoms with Crippen molar-refractivity contribution in [3.63, 3.8) is 0 Å². The summed E-state index contributed by atoms with van der Waals surface area (Å²) in [6.45, 7) is 0. The molecule has 0 amide bonds. The van der Waals surface area contributed by atoms with Crippen LogP contribution in [0.25, 0.3) is 0 Å². The minimum absolute atomic E-state index is 0.944. The number of nitrogens with zero attached hydrogens (tertiary/aromatic N) is 1. The van der Waals surface area contributed by atoms with Gasteiger partial charge in [0.25, 0.3) is 0 Å². The first-order valence-electron chi connectivity index (χ1n) is 4.45. The zero-order chi connectivity index (χ0) is 7.14. The zero-order valence-electron chi connectivity index (χ0n) is 7.01. The van der Waals surface area contributed by atoms with Gasteiger partial charge in [-0.25, -0.2) is 0 Å². The van der Waals surface area contributed by atoms with Gasteiger partial charge in [0.15, 0.2) is 0 Å². The molecular weight excluding hydrogens is 122 g/mol. The van der Waals surface area contributed by atoms with Crippen molar-refractivity contribution in [3.8, 4) is 0 Å². The predicted octanol–water partition coefficient (Wildman–Crippen LogP) is 1.74. The Labute approximate surface area is 63.4 Å². The first kappa shape index (κ1) is 6.66. The Bertz CT molecular complexity index is 111. The van der Waals surface area contributed by atoms with E-state index in [4.69, 9.17) is 0 Å². The molecule has 0 unspecified atom stereocenters. The molecule has 1 nitrogen and oxygen atoms in total. The molecule has 0 aromatic heterocycles. The summed E-state index contributed by atoms with van der Waals surface area (Å²) >= 11 is 0. The lowest BCUT2D eigenvalue weighted by molar-refractivity contribution is 0.236. The fourth-order valence-electron chi connectivity index (χ4n) is 3.06. The van der Waals surface area contributed by atoms with Crippen LogP contribution in [0.2, 0.25) is 0 Å². The Morgan fingerprint density at radius 2 is 1.30 bits per heavy atom. The predicted molar refractivity (Wildman–Crippen MR) is 42.9 cm³/mol. The van der Waals surface area contributed by atoms with Gasteiger partial charge in [-0.15, -0.1) is 0 Å². The average Bonchev–Trinajstić information content (AvgIpc) is 2.43. The van der Waals surface area contributed by atoms with Crippen molar-refractivity contribution in [3.05, 3.63) is 0 Å². The van der Waals surface area contributed by atoms with Crippen molar-refractivity contribution >= 4 is 0 Å². The molecule has 1 heteroatoms. The van der Waals surface area contributed by atoms with E-state index in [-0.39, 0.29) is 0 Å². The van der Waals surface area contributed by atoms with E-state index in [1.165, 1.54) is 25.7 Å². The molecular formula is C9H17N. The van der Waals surface area contributed by atoms with Crippen LogP contribution in [-0.4, -0.2) is 25.0 Å². The van der Waals surface area contributed by atoms with Crippen LogP contribution in [-0.2, 0) is 0 Å². The maximum absolute atomic E-state index is 2.44. The van der Waals surface area contributed by atoms with Gasteiger partial charge in [0.2, 0.25) is 0 Å². The maximum Gasteiger partial charge on any atom is 0.0146 e. The van der Waals surface area contributed by atoms with Crippen molar-refractivity contribution in [2.45, 2.75) is 31.7 Å². The highest BCUT2D eigenvalue weighted by molar-refractivity contribution is 4.95. The maximum atomic E-state index is 2.44. The zero-order valence-corrected chi connectivity index (χ0v) is 7.01. The van der Waals surface area contributed by atoms with Crippen molar-refractivity contribution in [2.75, 3.05) is 14.1 Å². The summed E-state index contributed by atoms with van der Waals surface area (Å²) in [5.41, 5.74) is 0. The van der Waals surface area contributed by atoms with Crippen molar-refractivity contribution < 1.29 is 0 Å². The molecule has 0 N–H and O–H groups in total. The summed E-state index contributed by atoms with van der Waals surface area (Å²) in [6.07, 6.45) is 6.03. The van der Waals surface area contributed by atoms with Gasteiger partial charge in [0.1, 0.15) is 0 Å². The lowest BCUT2D eigenvalue weighted by atomic mass is 10.0. The Balaban J connectivity index is 2.09. The monoisotopic (exact) mass is 139 g/mol. The van der Waals surface area contributed by atoms with Gasteiger partial charge in [-0.05, 0) is 51.6 Å². The molecule has 0 heterocycles. The minimum atomic E-state index is 0.944. The van der Waals surface area contributed by atoms with Gasteiger partial charge in [-0.3, -0.25) is 0 Å². The quantitative estimate of drug-likeness (QED) is 0.535. The molecule has 58 valence electrons. The summed E-state index contributed by atoms with van der Waals surface area (Å²) in [7, 11) is 4.47. The molecule has 2 rings (SSSR count). The standard InChI is InChI=1S/C9H17N/c1-10(2)9-7-3-4-8(9)6-5-7/h7-9H,3-6H2,1-2H3. The summed E-state index contributed by atoms with van der Waals surface area (Å²) in [5, 5.41) is 0. The van der Waals surface area contributed by atoms with E-state index in [0.717, 1.165) is 17.9 Å². The van der Waals surface area contributed by atoms with Gasteiger partial charge >= 0.3 is 0 Å². The first-order valence-corrected chi connectivity index (χ1v) is 4.45. The molecule has 0 radical (unpaired) electrons. The summed E-state index contributed by atoms with van der Waals surface area (Å²) in [4.78, 5) is 2.44. The van der Waals surface area contributed by atoms with Crippen molar-refractivity contribution in [1.29, 1.82) is 0 Å². The van der Waals surface area contributed by atoms with E-state index in [1.54, 1.807) is 0 Å². The van der Waals surface area contributed by atoms with Crippen molar-refractivity contribution in [1.82, 2.24) is 4.90 Å². The molecule has 0 atom stereocenters. The van der Waals surface area contributed by atoms with Crippen LogP contribution in [0.5, 0.6) is 0 Å². The molecule has 2 fully saturated rings.